The molecule has 2 amide bonds. The van der Waals surface area contributed by atoms with Gasteiger partial charge in [-0.15, -0.1) is 0 Å². The van der Waals surface area contributed by atoms with Crippen LogP contribution in [0.5, 0.6) is 17.2 Å². The summed E-state index contributed by atoms with van der Waals surface area (Å²) in [6.07, 6.45) is -0.878. The minimum absolute atomic E-state index is 0.0101. The van der Waals surface area contributed by atoms with E-state index < -0.39 is 29.6 Å². The summed E-state index contributed by atoms with van der Waals surface area (Å²) in [5, 5.41) is 5.52. The molecule has 4 aromatic rings. The number of amides is 2. The SMILES string of the molecule is COc1cccc(Oc2ccccc2NC(=O)[C@H](CCC(=O)OC(C)(C)C)NC(=O)OCC2c3ccccc3-c3ccccc32)c1. The highest BCUT2D eigenvalue weighted by atomic mass is 16.6. The summed E-state index contributed by atoms with van der Waals surface area (Å²) in [5.41, 5.74) is 4.05. The second-order valence-electron chi connectivity index (χ2n) is 11.9. The molecule has 4 aromatic carbocycles. The van der Waals surface area contributed by atoms with Crippen LogP contribution < -0.4 is 20.1 Å². The molecule has 0 radical (unpaired) electrons. The Hall–Kier alpha value is -5.31. The van der Waals surface area contributed by atoms with Crippen molar-refractivity contribution in [2.24, 2.45) is 0 Å². The van der Waals surface area contributed by atoms with Gasteiger partial charge in [0.05, 0.1) is 12.8 Å². The number of alkyl carbamates (subject to hydrolysis) is 1. The van der Waals surface area contributed by atoms with Gasteiger partial charge in [0.25, 0.3) is 0 Å². The number of hydrogen-bond donors (Lipinski definition) is 2. The van der Waals surface area contributed by atoms with E-state index >= 15 is 0 Å². The number of esters is 1. The van der Waals surface area contributed by atoms with E-state index in [0.29, 0.717) is 22.9 Å². The predicted octanol–water partition coefficient (Wildman–Crippen LogP) is 7.46. The maximum Gasteiger partial charge on any atom is 0.407 e. The van der Waals surface area contributed by atoms with Crippen molar-refractivity contribution in [2.75, 3.05) is 19.0 Å². The van der Waals surface area contributed by atoms with Crippen LogP contribution in [0.2, 0.25) is 0 Å². The Morgan fingerprint density at radius 1 is 0.804 bits per heavy atom. The maximum atomic E-state index is 13.6. The molecule has 1 aliphatic rings. The van der Waals surface area contributed by atoms with Gasteiger partial charge in [-0.05, 0) is 73.7 Å². The molecule has 1 atom stereocenters. The van der Waals surface area contributed by atoms with E-state index in [1.54, 1.807) is 76.4 Å². The monoisotopic (exact) mass is 622 g/mol. The molecule has 5 rings (SSSR count). The van der Waals surface area contributed by atoms with Gasteiger partial charge in [0.15, 0.2) is 5.75 Å². The fraction of sp³-hybridized carbons (Fsp3) is 0.270. The molecule has 0 saturated carbocycles. The number of fused-ring (bicyclic) bond motifs is 3. The molecule has 0 aliphatic heterocycles. The van der Waals surface area contributed by atoms with Crippen molar-refractivity contribution >= 4 is 23.7 Å². The first-order valence-corrected chi connectivity index (χ1v) is 15.2. The topological polar surface area (TPSA) is 112 Å². The number of carbonyl (C=O) groups is 3. The Bertz CT molecular complexity index is 1670. The zero-order valence-corrected chi connectivity index (χ0v) is 26.4. The van der Waals surface area contributed by atoms with Gasteiger partial charge in [-0.2, -0.15) is 0 Å². The number of ether oxygens (including phenoxy) is 4. The Labute approximate surface area is 268 Å². The molecule has 1 aliphatic carbocycles. The third-order valence-corrected chi connectivity index (χ3v) is 7.42. The summed E-state index contributed by atoms with van der Waals surface area (Å²) in [5.74, 6) is 0.344. The fourth-order valence-corrected chi connectivity index (χ4v) is 5.38. The highest BCUT2D eigenvalue weighted by molar-refractivity contribution is 5.98. The van der Waals surface area contributed by atoms with Crippen molar-refractivity contribution in [3.63, 3.8) is 0 Å². The second kappa shape index (κ2) is 14.2. The van der Waals surface area contributed by atoms with E-state index in [9.17, 15) is 14.4 Å². The number of hydrogen-bond acceptors (Lipinski definition) is 7. The molecule has 0 aromatic heterocycles. The van der Waals surface area contributed by atoms with Gasteiger partial charge < -0.3 is 29.6 Å². The molecule has 0 saturated heterocycles. The number of carbonyl (C=O) groups excluding carboxylic acids is 3. The van der Waals surface area contributed by atoms with E-state index in [1.165, 1.54) is 0 Å². The second-order valence-corrected chi connectivity index (χ2v) is 11.9. The van der Waals surface area contributed by atoms with Crippen LogP contribution in [-0.2, 0) is 19.1 Å². The molecule has 0 heterocycles. The van der Waals surface area contributed by atoms with Gasteiger partial charge in [-0.1, -0.05) is 66.7 Å². The minimum Gasteiger partial charge on any atom is -0.497 e. The van der Waals surface area contributed by atoms with Crippen LogP contribution in [0.25, 0.3) is 11.1 Å². The van der Waals surface area contributed by atoms with Gasteiger partial charge in [-0.3, -0.25) is 9.59 Å². The maximum absolute atomic E-state index is 13.6. The summed E-state index contributed by atoms with van der Waals surface area (Å²) >= 11 is 0. The van der Waals surface area contributed by atoms with Gasteiger partial charge >= 0.3 is 12.1 Å². The first kappa shape index (κ1) is 32.1. The zero-order valence-electron chi connectivity index (χ0n) is 26.4. The summed E-state index contributed by atoms with van der Waals surface area (Å²) in [6, 6.07) is 29.0. The summed E-state index contributed by atoms with van der Waals surface area (Å²) in [6.45, 7) is 5.38. The number of nitrogens with one attached hydrogen (secondary N) is 2. The number of para-hydroxylation sites is 2. The lowest BCUT2D eigenvalue weighted by atomic mass is 9.98. The molecule has 0 bridgehead atoms. The third-order valence-electron chi connectivity index (χ3n) is 7.42. The van der Waals surface area contributed by atoms with Crippen LogP contribution in [0.1, 0.15) is 50.7 Å². The summed E-state index contributed by atoms with van der Waals surface area (Å²) in [7, 11) is 1.56. The van der Waals surface area contributed by atoms with Crippen LogP contribution in [0.4, 0.5) is 10.5 Å². The molecular weight excluding hydrogens is 584 g/mol. The quantitative estimate of drug-likeness (QED) is 0.167. The molecule has 2 N–H and O–H groups in total. The Morgan fingerprint density at radius 2 is 1.43 bits per heavy atom. The molecule has 46 heavy (non-hydrogen) atoms. The van der Waals surface area contributed by atoms with Crippen molar-refractivity contribution in [2.45, 2.75) is 51.2 Å². The van der Waals surface area contributed by atoms with Gasteiger partial charge in [-0.25, -0.2) is 4.79 Å². The van der Waals surface area contributed by atoms with Gasteiger partial charge in [0, 0.05) is 18.4 Å². The van der Waals surface area contributed by atoms with Crippen LogP contribution in [0, 0.1) is 0 Å². The highest BCUT2D eigenvalue weighted by Crippen LogP contribution is 2.44. The van der Waals surface area contributed by atoms with E-state index in [0.717, 1.165) is 22.3 Å². The lowest BCUT2D eigenvalue weighted by molar-refractivity contribution is -0.155. The van der Waals surface area contributed by atoms with Gasteiger partial charge in [0.2, 0.25) is 5.91 Å². The number of benzene rings is 4. The standard InChI is InChI=1S/C37H38N2O7/c1-37(2,3)46-34(40)21-20-32(35(41)38-31-18-9-10-19-33(31)45-25-13-11-12-24(22-25)43-4)39-36(42)44-23-30-28-16-7-5-14-26(28)27-15-6-8-17-29(27)30/h5-19,22,30,32H,20-21,23H2,1-4H3,(H,38,41)(H,39,42)/t32-/m0/s1. The van der Waals surface area contributed by atoms with Crippen molar-refractivity contribution in [3.8, 4) is 28.4 Å². The molecule has 9 nitrogen and oxygen atoms in total. The largest absolute Gasteiger partial charge is 0.497 e. The molecule has 238 valence electrons. The van der Waals surface area contributed by atoms with Crippen molar-refractivity contribution in [3.05, 3.63) is 108 Å². The van der Waals surface area contributed by atoms with E-state index in [4.69, 9.17) is 18.9 Å². The van der Waals surface area contributed by atoms with E-state index in [1.807, 2.05) is 36.4 Å². The average molecular weight is 623 g/mol. The molecule has 0 fully saturated rings. The van der Waals surface area contributed by atoms with Crippen LogP contribution >= 0.6 is 0 Å². The Morgan fingerprint density at radius 3 is 2.11 bits per heavy atom. The normalized spacial score (nSPS) is 12.7. The molecule has 0 unspecified atom stereocenters. The minimum atomic E-state index is -1.10. The van der Waals surface area contributed by atoms with Gasteiger partial charge in [0.1, 0.15) is 29.7 Å². The molecular formula is C37H38N2O7. The first-order valence-electron chi connectivity index (χ1n) is 15.2. The Balaban J connectivity index is 1.29. The lowest BCUT2D eigenvalue weighted by Gasteiger charge is -2.22. The molecule has 9 heteroatoms. The fourth-order valence-electron chi connectivity index (χ4n) is 5.38. The van der Waals surface area contributed by atoms with E-state index in [-0.39, 0.29) is 25.4 Å². The van der Waals surface area contributed by atoms with E-state index in [2.05, 4.69) is 22.8 Å². The zero-order chi connectivity index (χ0) is 32.7. The van der Waals surface area contributed by atoms with Crippen LogP contribution in [0.3, 0.4) is 0 Å². The summed E-state index contributed by atoms with van der Waals surface area (Å²) < 4.78 is 22.5. The number of anilines is 1. The third kappa shape index (κ3) is 8.04. The van der Waals surface area contributed by atoms with Crippen molar-refractivity contribution in [1.82, 2.24) is 5.32 Å². The van der Waals surface area contributed by atoms with Crippen LogP contribution in [0.15, 0.2) is 97.1 Å². The van der Waals surface area contributed by atoms with Crippen molar-refractivity contribution < 1.29 is 33.3 Å². The lowest BCUT2D eigenvalue weighted by Crippen LogP contribution is -2.44. The number of rotatable bonds is 11. The van der Waals surface area contributed by atoms with Crippen LogP contribution in [-0.4, -0.2) is 43.3 Å². The van der Waals surface area contributed by atoms with Crippen molar-refractivity contribution in [1.29, 1.82) is 0 Å². The number of methoxy groups -OCH3 is 1. The Kier molecular flexibility index (Phi) is 9.91. The first-order chi connectivity index (χ1) is 22.1. The highest BCUT2D eigenvalue weighted by Gasteiger charge is 2.30. The smallest absolute Gasteiger partial charge is 0.407 e. The summed E-state index contributed by atoms with van der Waals surface area (Å²) in [4.78, 5) is 39.3. The molecule has 0 spiro atoms. The predicted molar refractivity (Wildman–Crippen MR) is 175 cm³/mol. The average Bonchev–Trinajstić information content (AvgIpc) is 3.35.